The van der Waals surface area contributed by atoms with E-state index in [9.17, 15) is 4.79 Å². The Balaban J connectivity index is 2.12. The van der Waals surface area contributed by atoms with Crippen LogP contribution in [0, 0.1) is 0 Å². The summed E-state index contributed by atoms with van der Waals surface area (Å²) in [4.78, 5) is 11.3. The van der Waals surface area contributed by atoms with E-state index < -0.39 is 0 Å². The number of carbonyl (C=O) groups excluding carboxylic acids is 1. The van der Waals surface area contributed by atoms with Gasteiger partial charge in [0.05, 0.1) is 12.5 Å². The number of esters is 1. The van der Waals surface area contributed by atoms with Gasteiger partial charge >= 0.3 is 5.97 Å². The quantitative estimate of drug-likeness (QED) is 0.395. The van der Waals surface area contributed by atoms with Crippen LogP contribution in [0.2, 0.25) is 0 Å². The first kappa shape index (κ1) is 12.3. The molecular formula is C11H16N2O3. The molecule has 1 aromatic heterocycles. The van der Waals surface area contributed by atoms with E-state index in [0.29, 0.717) is 19.4 Å². The summed E-state index contributed by atoms with van der Waals surface area (Å²) in [6, 6.07) is 0. The molecule has 0 spiro atoms. The summed E-state index contributed by atoms with van der Waals surface area (Å²) in [5.74, 6) is -0.225. The molecule has 0 N–H and O–H groups in total. The summed E-state index contributed by atoms with van der Waals surface area (Å²) in [5, 5.41) is 4.01. The van der Waals surface area contributed by atoms with E-state index in [-0.39, 0.29) is 12.6 Å². The van der Waals surface area contributed by atoms with Gasteiger partial charge in [0.1, 0.15) is 13.2 Å². The molecular weight excluding hydrogens is 208 g/mol. The van der Waals surface area contributed by atoms with Crippen molar-refractivity contribution in [3.8, 4) is 0 Å². The molecule has 0 atom stereocenters. The minimum absolute atomic E-state index is 0.225. The number of hydrogen-bond donors (Lipinski definition) is 0. The van der Waals surface area contributed by atoms with Gasteiger partial charge in [-0.05, 0) is 12.0 Å². The van der Waals surface area contributed by atoms with Crippen molar-refractivity contribution >= 4 is 5.97 Å². The first-order chi connectivity index (χ1) is 7.72. The number of aromatic nitrogens is 2. The van der Waals surface area contributed by atoms with Crippen molar-refractivity contribution in [2.24, 2.45) is 7.05 Å². The molecule has 0 amide bonds. The van der Waals surface area contributed by atoms with Gasteiger partial charge in [0.25, 0.3) is 0 Å². The highest BCUT2D eigenvalue weighted by molar-refractivity contribution is 5.69. The van der Waals surface area contributed by atoms with Crippen LogP contribution in [0.15, 0.2) is 25.2 Å². The van der Waals surface area contributed by atoms with E-state index in [1.165, 1.54) is 6.26 Å². The summed E-state index contributed by atoms with van der Waals surface area (Å²) in [6.45, 7) is 3.99. The Morgan fingerprint density at radius 1 is 1.62 bits per heavy atom. The van der Waals surface area contributed by atoms with Gasteiger partial charge in [0, 0.05) is 19.7 Å². The van der Waals surface area contributed by atoms with Gasteiger partial charge in [-0.3, -0.25) is 9.48 Å². The molecule has 1 heterocycles. The lowest BCUT2D eigenvalue weighted by Crippen LogP contribution is -2.09. The molecule has 0 aromatic carbocycles. The summed E-state index contributed by atoms with van der Waals surface area (Å²) >= 11 is 0. The second-order valence-corrected chi connectivity index (χ2v) is 3.28. The van der Waals surface area contributed by atoms with Crippen LogP contribution in [-0.4, -0.2) is 29.0 Å². The molecule has 1 rings (SSSR count). The maximum absolute atomic E-state index is 11.3. The van der Waals surface area contributed by atoms with Crippen molar-refractivity contribution in [1.82, 2.24) is 9.78 Å². The molecule has 0 saturated heterocycles. The fraction of sp³-hybridized carbons (Fsp3) is 0.455. The van der Waals surface area contributed by atoms with Crippen LogP contribution in [0.4, 0.5) is 0 Å². The van der Waals surface area contributed by atoms with Gasteiger partial charge in [-0.2, -0.15) is 5.10 Å². The Bertz CT molecular complexity index is 347. The van der Waals surface area contributed by atoms with Crippen LogP contribution in [0.5, 0.6) is 0 Å². The average molecular weight is 224 g/mol. The van der Waals surface area contributed by atoms with Crippen LogP contribution in [0.1, 0.15) is 12.0 Å². The van der Waals surface area contributed by atoms with Crippen LogP contribution in [-0.2, 0) is 27.7 Å². The Morgan fingerprint density at radius 3 is 3.06 bits per heavy atom. The van der Waals surface area contributed by atoms with Crippen molar-refractivity contribution in [2.45, 2.75) is 12.8 Å². The standard InChI is InChI=1S/C11H16N2O3/c1-3-15-6-7-16-11(14)5-4-10-8-12-13(2)9-10/h3,8-9H,1,4-7H2,2H3. The van der Waals surface area contributed by atoms with E-state index in [1.807, 2.05) is 13.2 Å². The molecule has 1 aromatic rings. The molecule has 16 heavy (non-hydrogen) atoms. The lowest BCUT2D eigenvalue weighted by molar-refractivity contribution is -0.144. The number of carbonyl (C=O) groups is 1. The smallest absolute Gasteiger partial charge is 0.306 e. The first-order valence-electron chi connectivity index (χ1n) is 5.08. The van der Waals surface area contributed by atoms with Gasteiger partial charge in [-0.1, -0.05) is 6.58 Å². The molecule has 5 heteroatoms. The summed E-state index contributed by atoms with van der Waals surface area (Å²) in [6.07, 6.45) is 5.96. The number of aryl methyl sites for hydroxylation is 2. The Labute approximate surface area is 94.7 Å². The van der Waals surface area contributed by atoms with Gasteiger partial charge in [-0.15, -0.1) is 0 Å². The molecule has 0 aliphatic rings. The molecule has 0 unspecified atom stereocenters. The highest BCUT2D eigenvalue weighted by Gasteiger charge is 2.04. The van der Waals surface area contributed by atoms with Crippen molar-refractivity contribution < 1.29 is 14.3 Å². The maximum Gasteiger partial charge on any atom is 0.306 e. The SMILES string of the molecule is C=COCCOC(=O)CCc1cnn(C)c1. The zero-order valence-electron chi connectivity index (χ0n) is 9.39. The van der Waals surface area contributed by atoms with Gasteiger partial charge in [-0.25, -0.2) is 0 Å². The first-order valence-corrected chi connectivity index (χ1v) is 5.08. The molecule has 0 bridgehead atoms. The van der Waals surface area contributed by atoms with Crippen LogP contribution < -0.4 is 0 Å². The van der Waals surface area contributed by atoms with Gasteiger partial charge in [0.2, 0.25) is 0 Å². The predicted molar refractivity (Wildman–Crippen MR) is 58.6 cm³/mol. The molecule has 0 aliphatic carbocycles. The predicted octanol–water partition coefficient (Wildman–Crippen LogP) is 1.06. The van der Waals surface area contributed by atoms with E-state index >= 15 is 0 Å². The lowest BCUT2D eigenvalue weighted by atomic mass is 10.2. The van der Waals surface area contributed by atoms with Crippen LogP contribution in [0.25, 0.3) is 0 Å². The normalized spacial score (nSPS) is 9.81. The fourth-order valence-corrected chi connectivity index (χ4v) is 1.21. The van der Waals surface area contributed by atoms with Crippen LogP contribution in [0.3, 0.4) is 0 Å². The van der Waals surface area contributed by atoms with Crippen molar-refractivity contribution in [3.63, 3.8) is 0 Å². The largest absolute Gasteiger partial charge is 0.498 e. The average Bonchev–Trinajstić information content (AvgIpc) is 2.68. The zero-order valence-corrected chi connectivity index (χ0v) is 9.39. The van der Waals surface area contributed by atoms with Crippen molar-refractivity contribution in [2.75, 3.05) is 13.2 Å². The molecule has 0 aliphatic heterocycles. The lowest BCUT2D eigenvalue weighted by Gasteiger charge is -2.03. The maximum atomic E-state index is 11.3. The third kappa shape index (κ3) is 4.63. The van der Waals surface area contributed by atoms with Crippen molar-refractivity contribution in [1.29, 1.82) is 0 Å². The molecule has 0 saturated carbocycles. The fourth-order valence-electron chi connectivity index (χ4n) is 1.21. The molecule has 88 valence electrons. The number of rotatable bonds is 7. The molecule has 0 fully saturated rings. The zero-order chi connectivity index (χ0) is 11.8. The number of ether oxygens (including phenoxy) is 2. The minimum Gasteiger partial charge on any atom is -0.498 e. The van der Waals surface area contributed by atoms with E-state index in [0.717, 1.165) is 5.56 Å². The van der Waals surface area contributed by atoms with Gasteiger partial charge < -0.3 is 9.47 Å². The molecule has 0 radical (unpaired) electrons. The third-order valence-electron chi connectivity index (χ3n) is 1.96. The third-order valence-corrected chi connectivity index (χ3v) is 1.96. The Hall–Kier alpha value is -1.78. The summed E-state index contributed by atoms with van der Waals surface area (Å²) in [7, 11) is 1.84. The molecule has 5 nitrogen and oxygen atoms in total. The second-order valence-electron chi connectivity index (χ2n) is 3.28. The minimum atomic E-state index is -0.225. The van der Waals surface area contributed by atoms with Gasteiger partial charge in [0.15, 0.2) is 0 Å². The van der Waals surface area contributed by atoms with E-state index in [4.69, 9.17) is 9.47 Å². The highest BCUT2D eigenvalue weighted by Crippen LogP contribution is 2.01. The topological polar surface area (TPSA) is 53.4 Å². The second kappa shape index (κ2) is 6.66. The summed E-state index contributed by atoms with van der Waals surface area (Å²) < 4.78 is 11.5. The number of nitrogens with zero attached hydrogens (tertiary/aromatic N) is 2. The van der Waals surface area contributed by atoms with Crippen molar-refractivity contribution in [3.05, 3.63) is 30.8 Å². The van der Waals surface area contributed by atoms with Crippen LogP contribution >= 0.6 is 0 Å². The highest BCUT2D eigenvalue weighted by atomic mass is 16.6. The monoisotopic (exact) mass is 224 g/mol. The number of hydrogen-bond acceptors (Lipinski definition) is 4. The summed E-state index contributed by atoms with van der Waals surface area (Å²) in [5.41, 5.74) is 1.03. The van der Waals surface area contributed by atoms with E-state index in [2.05, 4.69) is 11.7 Å². The van der Waals surface area contributed by atoms with E-state index in [1.54, 1.807) is 10.9 Å². The Kier molecular flexibility index (Phi) is 5.11. The Morgan fingerprint density at radius 2 is 2.44 bits per heavy atom.